The highest BCUT2D eigenvalue weighted by Crippen LogP contribution is 2.31. The maximum Gasteiger partial charge on any atom is 0.117 e. The van der Waals surface area contributed by atoms with E-state index in [1.165, 1.54) is 25.9 Å². The highest BCUT2D eigenvalue weighted by Gasteiger charge is 2.38. The Labute approximate surface area is 118 Å². The van der Waals surface area contributed by atoms with Crippen LogP contribution in [0.1, 0.15) is 47.0 Å². The molecule has 2 fully saturated rings. The van der Waals surface area contributed by atoms with Crippen LogP contribution in [0.25, 0.3) is 0 Å². The first-order valence-corrected chi connectivity index (χ1v) is 7.07. The Morgan fingerprint density at radius 2 is 2.06 bits per heavy atom. The van der Waals surface area contributed by atoms with Gasteiger partial charge in [-0.3, -0.25) is 5.32 Å². The van der Waals surface area contributed by atoms with Crippen molar-refractivity contribution in [1.82, 2.24) is 10.2 Å². The number of hydrogen-bond acceptors (Lipinski definition) is 3. The zero-order chi connectivity index (χ0) is 12.5. The lowest BCUT2D eigenvalue weighted by Crippen LogP contribution is -2.57. The van der Waals surface area contributed by atoms with Crippen molar-refractivity contribution >= 4 is 12.4 Å². The molecule has 3 nitrogen and oxygen atoms in total. The average molecular weight is 277 g/mol. The van der Waals surface area contributed by atoms with Crippen molar-refractivity contribution in [3.63, 3.8) is 0 Å². The van der Waals surface area contributed by atoms with E-state index in [1.807, 2.05) is 0 Å². The maximum absolute atomic E-state index is 6.10. The summed E-state index contributed by atoms with van der Waals surface area (Å²) in [5.41, 5.74) is 0.164. The Morgan fingerprint density at radius 3 is 2.61 bits per heavy atom. The fourth-order valence-electron chi connectivity index (χ4n) is 3.01. The summed E-state index contributed by atoms with van der Waals surface area (Å²) in [5, 5.41) is 3.61. The summed E-state index contributed by atoms with van der Waals surface area (Å²) >= 11 is 0. The molecule has 0 spiro atoms. The molecule has 1 N–H and O–H groups in total. The van der Waals surface area contributed by atoms with Crippen molar-refractivity contribution < 1.29 is 4.74 Å². The molecule has 0 radical (unpaired) electrons. The molecule has 0 aromatic carbocycles. The summed E-state index contributed by atoms with van der Waals surface area (Å²) in [4.78, 5) is 2.59. The zero-order valence-corrected chi connectivity index (χ0v) is 13.1. The van der Waals surface area contributed by atoms with E-state index in [0.717, 1.165) is 19.6 Å². The highest BCUT2D eigenvalue weighted by molar-refractivity contribution is 5.85. The van der Waals surface area contributed by atoms with Crippen LogP contribution in [-0.2, 0) is 4.74 Å². The van der Waals surface area contributed by atoms with E-state index in [2.05, 4.69) is 37.9 Å². The molecule has 2 unspecified atom stereocenters. The van der Waals surface area contributed by atoms with Gasteiger partial charge in [0.1, 0.15) is 5.72 Å². The van der Waals surface area contributed by atoms with Gasteiger partial charge in [0.05, 0.1) is 6.61 Å². The molecule has 2 atom stereocenters. The lowest BCUT2D eigenvalue weighted by Gasteiger charge is -2.44. The first-order valence-electron chi connectivity index (χ1n) is 7.07. The summed E-state index contributed by atoms with van der Waals surface area (Å²) in [7, 11) is 0. The van der Waals surface area contributed by atoms with E-state index in [0.29, 0.717) is 6.04 Å². The molecule has 108 valence electrons. The molecule has 2 aliphatic rings. The van der Waals surface area contributed by atoms with E-state index in [-0.39, 0.29) is 23.5 Å². The third kappa shape index (κ3) is 3.83. The molecular formula is C14H29ClN2O. The van der Waals surface area contributed by atoms with Gasteiger partial charge >= 0.3 is 0 Å². The molecule has 18 heavy (non-hydrogen) atoms. The number of hydrogen-bond donors (Lipinski definition) is 1. The van der Waals surface area contributed by atoms with E-state index < -0.39 is 0 Å². The molecule has 2 saturated heterocycles. The van der Waals surface area contributed by atoms with Crippen LogP contribution in [0.2, 0.25) is 0 Å². The second kappa shape index (κ2) is 6.08. The van der Waals surface area contributed by atoms with Gasteiger partial charge in [-0.2, -0.15) is 0 Å². The van der Waals surface area contributed by atoms with Crippen LogP contribution in [0.15, 0.2) is 0 Å². The minimum Gasteiger partial charge on any atom is -0.360 e. The lowest BCUT2D eigenvalue weighted by molar-refractivity contribution is -0.137. The number of ether oxygens (including phenoxy) is 1. The minimum absolute atomic E-state index is 0. The van der Waals surface area contributed by atoms with Crippen LogP contribution in [0, 0.1) is 5.41 Å². The van der Waals surface area contributed by atoms with Crippen molar-refractivity contribution in [3.8, 4) is 0 Å². The standard InChI is InChI=1S/C14H28N2O.ClH/c1-5-16-8-6-7-12(16)9-14(4)15-10-13(2,3)11-17-14;/h12,15H,5-11H2,1-4H3;1H. The fourth-order valence-corrected chi connectivity index (χ4v) is 3.01. The van der Waals surface area contributed by atoms with Crippen molar-refractivity contribution in [2.75, 3.05) is 26.2 Å². The number of likely N-dealkylation sites (tertiary alicyclic amines) is 1. The van der Waals surface area contributed by atoms with E-state index in [4.69, 9.17) is 4.74 Å². The largest absolute Gasteiger partial charge is 0.360 e. The fraction of sp³-hybridized carbons (Fsp3) is 1.00. The van der Waals surface area contributed by atoms with Crippen molar-refractivity contribution in [1.29, 1.82) is 0 Å². The number of nitrogens with one attached hydrogen (secondary N) is 1. The van der Waals surface area contributed by atoms with Crippen LogP contribution < -0.4 is 5.32 Å². The first-order chi connectivity index (χ1) is 7.94. The third-order valence-corrected chi connectivity index (χ3v) is 4.25. The van der Waals surface area contributed by atoms with Gasteiger partial charge in [-0.25, -0.2) is 0 Å². The average Bonchev–Trinajstić information content (AvgIpc) is 2.70. The summed E-state index contributed by atoms with van der Waals surface area (Å²) in [6, 6.07) is 0.707. The Hall–Kier alpha value is 0.170. The quantitative estimate of drug-likeness (QED) is 0.858. The van der Waals surface area contributed by atoms with Crippen molar-refractivity contribution in [3.05, 3.63) is 0 Å². The lowest BCUT2D eigenvalue weighted by atomic mass is 9.90. The van der Waals surface area contributed by atoms with Crippen LogP contribution in [-0.4, -0.2) is 42.9 Å². The monoisotopic (exact) mass is 276 g/mol. The normalized spacial score (nSPS) is 36.3. The molecule has 2 rings (SSSR count). The van der Waals surface area contributed by atoms with Crippen molar-refractivity contribution in [2.45, 2.75) is 58.7 Å². The van der Waals surface area contributed by atoms with Crippen LogP contribution in [0.5, 0.6) is 0 Å². The third-order valence-electron chi connectivity index (χ3n) is 4.25. The Morgan fingerprint density at radius 1 is 1.33 bits per heavy atom. The van der Waals surface area contributed by atoms with Gasteiger partial charge in [0.15, 0.2) is 0 Å². The molecule has 4 heteroatoms. The first kappa shape index (κ1) is 16.2. The van der Waals surface area contributed by atoms with Gasteiger partial charge in [0.25, 0.3) is 0 Å². The molecular weight excluding hydrogens is 248 g/mol. The van der Waals surface area contributed by atoms with E-state index >= 15 is 0 Å². The van der Waals surface area contributed by atoms with E-state index in [9.17, 15) is 0 Å². The zero-order valence-electron chi connectivity index (χ0n) is 12.3. The summed E-state index contributed by atoms with van der Waals surface area (Å²) in [6.45, 7) is 13.4. The molecule has 0 amide bonds. The number of rotatable bonds is 3. The molecule has 0 aliphatic carbocycles. The van der Waals surface area contributed by atoms with E-state index in [1.54, 1.807) is 0 Å². The molecule has 0 bridgehead atoms. The number of halogens is 1. The Bertz CT molecular complexity index is 261. The second-order valence-corrected chi connectivity index (χ2v) is 6.67. The predicted molar refractivity (Wildman–Crippen MR) is 78.3 cm³/mol. The van der Waals surface area contributed by atoms with Gasteiger partial charge in [-0.15, -0.1) is 12.4 Å². The molecule has 2 aliphatic heterocycles. The van der Waals surface area contributed by atoms with Gasteiger partial charge in [0, 0.05) is 24.4 Å². The Kier molecular flexibility index (Phi) is 5.48. The molecule has 0 aromatic rings. The summed E-state index contributed by atoms with van der Waals surface area (Å²) in [6.07, 6.45) is 3.80. The minimum atomic E-state index is -0.113. The molecule has 0 saturated carbocycles. The van der Waals surface area contributed by atoms with Crippen LogP contribution in [0.3, 0.4) is 0 Å². The van der Waals surface area contributed by atoms with Gasteiger partial charge in [0.2, 0.25) is 0 Å². The van der Waals surface area contributed by atoms with Crippen LogP contribution >= 0.6 is 12.4 Å². The van der Waals surface area contributed by atoms with Gasteiger partial charge < -0.3 is 9.64 Å². The Balaban J connectivity index is 0.00000162. The number of nitrogens with zero attached hydrogens (tertiary/aromatic N) is 1. The topological polar surface area (TPSA) is 24.5 Å². The highest BCUT2D eigenvalue weighted by atomic mass is 35.5. The summed E-state index contributed by atoms with van der Waals surface area (Å²) < 4.78 is 6.10. The maximum atomic E-state index is 6.10. The SMILES string of the molecule is CCN1CCCC1CC1(C)NCC(C)(C)CO1.Cl. The smallest absolute Gasteiger partial charge is 0.117 e. The predicted octanol–water partition coefficient (Wildman–Crippen LogP) is 2.64. The second-order valence-electron chi connectivity index (χ2n) is 6.67. The molecule has 0 aromatic heterocycles. The van der Waals surface area contributed by atoms with Crippen LogP contribution in [0.4, 0.5) is 0 Å². The van der Waals surface area contributed by atoms with Crippen molar-refractivity contribution in [2.24, 2.45) is 5.41 Å². The molecule has 2 heterocycles. The van der Waals surface area contributed by atoms with Gasteiger partial charge in [-0.1, -0.05) is 20.8 Å². The summed E-state index contributed by atoms with van der Waals surface area (Å²) in [5.74, 6) is 0. The van der Waals surface area contributed by atoms with Gasteiger partial charge in [-0.05, 0) is 32.9 Å².